The lowest BCUT2D eigenvalue weighted by molar-refractivity contribution is -0.137. The van der Waals surface area contributed by atoms with Crippen LogP contribution in [0.15, 0.2) is 65.4 Å². The van der Waals surface area contributed by atoms with Gasteiger partial charge in [-0.1, -0.05) is 49.4 Å². The Bertz CT molecular complexity index is 1260. The molecular formula is C25H25BrN4O3. The SMILES string of the molecule is CCc1c(Br)c2c(N[C@H](Cc3ccccc3)C(=O)O)ncnc2n1Cc1ccc(OC)cc1. The monoisotopic (exact) mass is 508 g/mol. The van der Waals surface area contributed by atoms with E-state index in [1.165, 1.54) is 6.33 Å². The first-order valence-corrected chi connectivity index (χ1v) is 11.5. The summed E-state index contributed by atoms with van der Waals surface area (Å²) in [5.74, 6) is 0.369. The Kier molecular flexibility index (Phi) is 6.93. The summed E-state index contributed by atoms with van der Waals surface area (Å²) in [5.41, 5.74) is 3.86. The molecule has 0 saturated heterocycles. The molecule has 8 heteroatoms. The van der Waals surface area contributed by atoms with Gasteiger partial charge in [-0.15, -0.1) is 0 Å². The molecule has 33 heavy (non-hydrogen) atoms. The number of halogens is 1. The number of hydrogen-bond acceptors (Lipinski definition) is 5. The van der Waals surface area contributed by atoms with Crippen molar-refractivity contribution >= 4 is 38.8 Å². The van der Waals surface area contributed by atoms with Crippen molar-refractivity contribution in [3.05, 3.63) is 82.2 Å². The van der Waals surface area contributed by atoms with Gasteiger partial charge in [0.15, 0.2) is 0 Å². The first kappa shape index (κ1) is 22.8. The number of carbonyl (C=O) groups is 1. The Hall–Kier alpha value is -3.39. The second kappa shape index (κ2) is 10.0. The van der Waals surface area contributed by atoms with E-state index >= 15 is 0 Å². The molecule has 4 rings (SSSR count). The molecular weight excluding hydrogens is 484 g/mol. The van der Waals surface area contributed by atoms with Gasteiger partial charge in [-0.2, -0.15) is 0 Å². The lowest BCUT2D eigenvalue weighted by Gasteiger charge is -2.16. The topological polar surface area (TPSA) is 89.3 Å². The van der Waals surface area contributed by atoms with E-state index in [9.17, 15) is 9.90 Å². The number of nitrogens with zero attached hydrogens (tertiary/aromatic N) is 3. The molecule has 0 aliphatic rings. The highest BCUT2D eigenvalue weighted by Gasteiger charge is 2.24. The Labute approximate surface area is 200 Å². The molecule has 170 valence electrons. The number of carboxylic acid groups (broad SMARTS) is 1. The summed E-state index contributed by atoms with van der Waals surface area (Å²) in [7, 11) is 1.65. The minimum absolute atomic E-state index is 0.340. The van der Waals surface area contributed by atoms with E-state index in [-0.39, 0.29) is 0 Å². The fraction of sp³-hybridized carbons (Fsp3) is 0.240. The minimum atomic E-state index is -0.935. The van der Waals surface area contributed by atoms with Gasteiger partial charge in [0.05, 0.1) is 17.0 Å². The number of aromatic nitrogens is 3. The van der Waals surface area contributed by atoms with Crippen LogP contribution in [0.2, 0.25) is 0 Å². The van der Waals surface area contributed by atoms with Gasteiger partial charge in [-0.3, -0.25) is 0 Å². The summed E-state index contributed by atoms with van der Waals surface area (Å²) in [6.07, 6.45) is 2.59. The van der Waals surface area contributed by atoms with Crippen LogP contribution in [-0.2, 0) is 24.2 Å². The zero-order valence-electron chi connectivity index (χ0n) is 18.5. The Morgan fingerprint density at radius 3 is 2.48 bits per heavy atom. The largest absolute Gasteiger partial charge is 0.497 e. The first-order valence-electron chi connectivity index (χ1n) is 10.7. The molecule has 0 saturated carbocycles. The summed E-state index contributed by atoms with van der Waals surface area (Å²) < 4.78 is 8.28. The van der Waals surface area contributed by atoms with Crippen LogP contribution in [0.4, 0.5) is 5.82 Å². The maximum absolute atomic E-state index is 12.0. The van der Waals surface area contributed by atoms with E-state index in [0.29, 0.717) is 18.8 Å². The molecule has 0 unspecified atom stereocenters. The van der Waals surface area contributed by atoms with Crippen LogP contribution in [-0.4, -0.2) is 38.8 Å². The number of carboxylic acids is 1. The second-order valence-electron chi connectivity index (χ2n) is 7.69. The molecule has 0 aliphatic carbocycles. The normalized spacial score (nSPS) is 12.0. The van der Waals surface area contributed by atoms with Crippen LogP contribution in [0.3, 0.4) is 0 Å². The van der Waals surface area contributed by atoms with Crippen LogP contribution < -0.4 is 10.1 Å². The molecule has 0 spiro atoms. The number of rotatable bonds is 9. The van der Waals surface area contributed by atoms with Gasteiger partial charge in [0.25, 0.3) is 0 Å². The Morgan fingerprint density at radius 2 is 1.85 bits per heavy atom. The molecule has 0 amide bonds. The standard InChI is InChI=1S/C25H25BrN4O3/c1-3-20-22(26)21-23(29-19(25(31)32)13-16-7-5-4-6-8-16)27-15-28-24(21)30(20)14-17-9-11-18(33-2)12-10-17/h4-12,15,19H,3,13-14H2,1-2H3,(H,31,32)(H,27,28,29)/t19-/m1/s1. The van der Waals surface area contributed by atoms with Gasteiger partial charge >= 0.3 is 5.97 Å². The number of aliphatic carboxylic acids is 1. The summed E-state index contributed by atoms with van der Waals surface area (Å²) in [6, 6.07) is 16.7. The Balaban J connectivity index is 1.71. The molecule has 2 N–H and O–H groups in total. The number of nitrogens with one attached hydrogen (secondary N) is 1. The zero-order valence-corrected chi connectivity index (χ0v) is 20.0. The predicted molar refractivity (Wildman–Crippen MR) is 132 cm³/mol. The number of benzene rings is 2. The molecule has 0 bridgehead atoms. The highest BCUT2D eigenvalue weighted by atomic mass is 79.9. The van der Waals surface area contributed by atoms with E-state index in [2.05, 4.69) is 42.7 Å². The van der Waals surface area contributed by atoms with Crippen molar-refractivity contribution in [2.45, 2.75) is 32.4 Å². The number of hydrogen-bond donors (Lipinski definition) is 2. The highest BCUT2D eigenvalue weighted by molar-refractivity contribution is 9.10. The van der Waals surface area contributed by atoms with Crippen LogP contribution in [0.1, 0.15) is 23.7 Å². The van der Waals surface area contributed by atoms with Crippen LogP contribution >= 0.6 is 15.9 Å². The summed E-state index contributed by atoms with van der Waals surface area (Å²) in [6.45, 7) is 2.71. The average molecular weight is 509 g/mol. The maximum atomic E-state index is 12.0. The third-order valence-electron chi connectivity index (χ3n) is 5.61. The first-order chi connectivity index (χ1) is 16.0. The van der Waals surface area contributed by atoms with Crippen LogP contribution in [0, 0.1) is 0 Å². The quantitative estimate of drug-likeness (QED) is 0.333. The molecule has 0 radical (unpaired) electrons. The van der Waals surface area contributed by atoms with Crippen molar-refractivity contribution in [2.24, 2.45) is 0 Å². The summed E-state index contributed by atoms with van der Waals surface area (Å²) in [4.78, 5) is 21.0. The number of anilines is 1. The number of ether oxygens (including phenoxy) is 1. The molecule has 7 nitrogen and oxygen atoms in total. The van der Waals surface area contributed by atoms with Crippen molar-refractivity contribution in [1.82, 2.24) is 14.5 Å². The average Bonchev–Trinajstić information content (AvgIpc) is 3.11. The van der Waals surface area contributed by atoms with Gasteiger partial charge in [-0.25, -0.2) is 14.8 Å². The van der Waals surface area contributed by atoms with Crippen molar-refractivity contribution < 1.29 is 14.6 Å². The van der Waals surface area contributed by atoms with E-state index in [0.717, 1.165) is 44.5 Å². The van der Waals surface area contributed by atoms with Gasteiger partial charge in [0, 0.05) is 18.7 Å². The minimum Gasteiger partial charge on any atom is -0.497 e. The fourth-order valence-corrected chi connectivity index (χ4v) is 4.79. The van der Waals surface area contributed by atoms with Crippen LogP contribution in [0.5, 0.6) is 5.75 Å². The molecule has 2 aromatic carbocycles. The highest BCUT2D eigenvalue weighted by Crippen LogP contribution is 2.35. The molecule has 2 aromatic heterocycles. The van der Waals surface area contributed by atoms with Gasteiger partial charge in [-0.05, 0) is 45.6 Å². The molecule has 4 aromatic rings. The van der Waals surface area contributed by atoms with E-state index in [1.807, 2.05) is 54.6 Å². The number of fused-ring (bicyclic) bond motifs is 1. The number of methoxy groups -OCH3 is 1. The third kappa shape index (κ3) is 4.85. The fourth-order valence-electron chi connectivity index (χ4n) is 3.93. The van der Waals surface area contributed by atoms with E-state index in [4.69, 9.17) is 4.74 Å². The van der Waals surface area contributed by atoms with Gasteiger partial charge in [0.1, 0.15) is 29.6 Å². The van der Waals surface area contributed by atoms with Crippen molar-refractivity contribution in [3.8, 4) is 5.75 Å². The molecule has 0 fully saturated rings. The van der Waals surface area contributed by atoms with Gasteiger partial charge in [0.2, 0.25) is 0 Å². The van der Waals surface area contributed by atoms with E-state index in [1.54, 1.807) is 7.11 Å². The van der Waals surface area contributed by atoms with Gasteiger partial charge < -0.3 is 19.7 Å². The lowest BCUT2D eigenvalue weighted by atomic mass is 10.1. The molecule has 2 heterocycles. The van der Waals surface area contributed by atoms with Crippen molar-refractivity contribution in [1.29, 1.82) is 0 Å². The summed E-state index contributed by atoms with van der Waals surface area (Å²) >= 11 is 3.74. The predicted octanol–water partition coefficient (Wildman–Crippen LogP) is 4.92. The summed E-state index contributed by atoms with van der Waals surface area (Å²) in [5, 5.41) is 13.8. The maximum Gasteiger partial charge on any atom is 0.326 e. The third-order valence-corrected chi connectivity index (χ3v) is 6.46. The molecule has 1 atom stereocenters. The van der Waals surface area contributed by atoms with Crippen LogP contribution in [0.25, 0.3) is 11.0 Å². The second-order valence-corrected chi connectivity index (χ2v) is 8.49. The molecule has 0 aliphatic heterocycles. The van der Waals surface area contributed by atoms with Crippen molar-refractivity contribution in [3.63, 3.8) is 0 Å². The zero-order chi connectivity index (χ0) is 23.4. The smallest absolute Gasteiger partial charge is 0.326 e. The Morgan fingerprint density at radius 1 is 1.12 bits per heavy atom. The lowest BCUT2D eigenvalue weighted by Crippen LogP contribution is -2.32. The van der Waals surface area contributed by atoms with Crippen molar-refractivity contribution in [2.75, 3.05) is 12.4 Å². The van der Waals surface area contributed by atoms with E-state index < -0.39 is 12.0 Å².